The van der Waals surface area contributed by atoms with E-state index in [0.717, 1.165) is 18.4 Å². The molecule has 1 aliphatic carbocycles. The van der Waals surface area contributed by atoms with Crippen molar-refractivity contribution in [1.82, 2.24) is 4.57 Å². The first-order valence-electron chi connectivity index (χ1n) is 6.54. The molecule has 1 heterocycles. The second-order valence-electron chi connectivity index (χ2n) is 5.02. The van der Waals surface area contributed by atoms with Gasteiger partial charge in [-0.15, -0.1) is 0 Å². The predicted molar refractivity (Wildman–Crippen MR) is 74.8 cm³/mol. The maximum Gasteiger partial charge on any atom is 0.339 e. The van der Waals surface area contributed by atoms with Crippen LogP contribution in [0.2, 0.25) is 0 Å². The Hall–Kier alpha value is -2.36. The fourth-order valence-corrected chi connectivity index (χ4v) is 2.60. The van der Waals surface area contributed by atoms with Crippen molar-refractivity contribution in [3.63, 3.8) is 0 Å². The van der Waals surface area contributed by atoms with E-state index in [-0.39, 0.29) is 11.1 Å². The van der Waals surface area contributed by atoms with Gasteiger partial charge in [0.25, 0.3) is 5.56 Å². The normalized spacial score (nSPS) is 15.7. The third-order valence-corrected chi connectivity index (χ3v) is 3.83. The Balaban J connectivity index is 2.11. The summed E-state index contributed by atoms with van der Waals surface area (Å²) in [6.45, 7) is 0. The van der Waals surface area contributed by atoms with E-state index in [1.165, 1.54) is 19.2 Å². The van der Waals surface area contributed by atoms with Gasteiger partial charge < -0.3 is 9.30 Å². The zero-order chi connectivity index (χ0) is 14.2. The minimum Gasteiger partial charge on any atom is -0.465 e. The largest absolute Gasteiger partial charge is 0.465 e. The van der Waals surface area contributed by atoms with Crippen LogP contribution in [0, 0.1) is 0 Å². The van der Waals surface area contributed by atoms with Crippen LogP contribution in [0.4, 0.5) is 0 Å². The molecule has 0 saturated heterocycles. The smallest absolute Gasteiger partial charge is 0.339 e. The highest BCUT2D eigenvalue weighted by atomic mass is 16.5. The van der Waals surface area contributed by atoms with Gasteiger partial charge in [-0.2, -0.15) is 0 Å². The van der Waals surface area contributed by atoms with E-state index in [0.29, 0.717) is 5.56 Å². The van der Waals surface area contributed by atoms with Gasteiger partial charge in [-0.3, -0.25) is 4.79 Å². The second kappa shape index (κ2) is 4.63. The zero-order valence-electron chi connectivity index (χ0n) is 11.2. The number of hydrogen-bond donors (Lipinski definition) is 0. The molecule has 2 aromatic rings. The number of benzene rings is 1. The molecule has 0 spiro atoms. The average Bonchev–Trinajstić information content (AvgIpc) is 3.29. The maximum atomic E-state index is 12.2. The molecule has 1 fully saturated rings. The summed E-state index contributed by atoms with van der Waals surface area (Å²) < 4.78 is 6.38. The minimum absolute atomic E-state index is 0.0981. The van der Waals surface area contributed by atoms with E-state index in [1.807, 2.05) is 30.3 Å². The third kappa shape index (κ3) is 1.93. The lowest BCUT2D eigenvalue weighted by Crippen LogP contribution is -2.31. The van der Waals surface area contributed by atoms with Crippen LogP contribution in [0.15, 0.2) is 53.5 Å². The van der Waals surface area contributed by atoms with Crippen LogP contribution < -0.4 is 5.56 Å². The molecule has 20 heavy (non-hydrogen) atoms. The molecule has 0 bridgehead atoms. The highest BCUT2D eigenvalue weighted by Gasteiger charge is 2.46. The van der Waals surface area contributed by atoms with Gasteiger partial charge in [0.2, 0.25) is 0 Å². The van der Waals surface area contributed by atoms with Crippen molar-refractivity contribution in [3.8, 4) is 0 Å². The molecular weight excluding hydrogens is 254 g/mol. The Morgan fingerprint density at radius 1 is 1.15 bits per heavy atom. The summed E-state index contributed by atoms with van der Waals surface area (Å²) in [7, 11) is 1.34. The number of methoxy groups -OCH3 is 1. The topological polar surface area (TPSA) is 48.3 Å². The van der Waals surface area contributed by atoms with Gasteiger partial charge in [0, 0.05) is 12.3 Å². The number of esters is 1. The van der Waals surface area contributed by atoms with Crippen molar-refractivity contribution in [3.05, 3.63) is 70.1 Å². The Morgan fingerprint density at radius 2 is 1.85 bits per heavy atom. The molecule has 102 valence electrons. The van der Waals surface area contributed by atoms with Crippen molar-refractivity contribution < 1.29 is 9.53 Å². The van der Waals surface area contributed by atoms with E-state index in [4.69, 9.17) is 4.74 Å². The van der Waals surface area contributed by atoms with Crippen molar-refractivity contribution >= 4 is 5.97 Å². The molecule has 0 atom stereocenters. The number of carbonyl (C=O) groups is 1. The molecule has 1 saturated carbocycles. The first kappa shape index (κ1) is 12.7. The van der Waals surface area contributed by atoms with Gasteiger partial charge in [-0.05, 0) is 24.5 Å². The summed E-state index contributed by atoms with van der Waals surface area (Å²) in [4.78, 5) is 23.8. The Bertz CT molecular complexity index is 699. The number of nitrogens with zero attached hydrogens (tertiary/aromatic N) is 1. The van der Waals surface area contributed by atoms with Crippen LogP contribution in [-0.2, 0) is 10.3 Å². The summed E-state index contributed by atoms with van der Waals surface area (Å²) in [6, 6.07) is 12.8. The van der Waals surface area contributed by atoms with Crippen LogP contribution in [0.5, 0.6) is 0 Å². The molecule has 1 aromatic heterocycles. The fraction of sp³-hybridized carbons (Fsp3) is 0.250. The highest BCUT2D eigenvalue weighted by Crippen LogP contribution is 2.48. The van der Waals surface area contributed by atoms with Crippen molar-refractivity contribution in [2.24, 2.45) is 0 Å². The van der Waals surface area contributed by atoms with E-state index in [1.54, 1.807) is 10.8 Å². The molecule has 0 amide bonds. The summed E-state index contributed by atoms with van der Waals surface area (Å²) in [5.41, 5.74) is 1.10. The zero-order valence-corrected chi connectivity index (χ0v) is 11.2. The first-order valence-corrected chi connectivity index (χ1v) is 6.54. The highest BCUT2D eigenvalue weighted by molar-refractivity contribution is 5.88. The van der Waals surface area contributed by atoms with Gasteiger partial charge in [0.1, 0.15) is 0 Å². The Labute approximate surface area is 116 Å². The summed E-state index contributed by atoms with van der Waals surface area (Å²) >= 11 is 0. The Morgan fingerprint density at radius 3 is 2.45 bits per heavy atom. The average molecular weight is 269 g/mol. The number of carbonyl (C=O) groups excluding carboxylic acids is 1. The summed E-state index contributed by atoms with van der Waals surface area (Å²) in [5.74, 6) is -0.428. The molecule has 0 radical (unpaired) electrons. The molecule has 0 N–H and O–H groups in total. The van der Waals surface area contributed by atoms with Crippen LogP contribution in [-0.4, -0.2) is 17.6 Å². The number of hydrogen-bond acceptors (Lipinski definition) is 3. The van der Waals surface area contributed by atoms with E-state index >= 15 is 0 Å². The van der Waals surface area contributed by atoms with Crippen molar-refractivity contribution in [2.75, 3.05) is 7.11 Å². The molecule has 0 unspecified atom stereocenters. The number of aromatic nitrogens is 1. The lowest BCUT2D eigenvalue weighted by Gasteiger charge is -2.19. The van der Waals surface area contributed by atoms with Crippen LogP contribution in [0.3, 0.4) is 0 Å². The molecule has 4 nitrogen and oxygen atoms in total. The van der Waals surface area contributed by atoms with Gasteiger partial charge in [-0.25, -0.2) is 4.79 Å². The van der Waals surface area contributed by atoms with Crippen LogP contribution in [0.1, 0.15) is 28.8 Å². The standard InChI is InChI=1S/C16H15NO3/c1-20-15(19)12-7-8-14(18)17(11-12)16(9-10-16)13-5-3-2-4-6-13/h2-8,11H,9-10H2,1H3. The van der Waals surface area contributed by atoms with Crippen molar-refractivity contribution in [2.45, 2.75) is 18.4 Å². The second-order valence-corrected chi connectivity index (χ2v) is 5.02. The van der Waals surface area contributed by atoms with Gasteiger partial charge in [0.05, 0.1) is 18.2 Å². The van der Waals surface area contributed by atoms with Crippen LogP contribution in [0.25, 0.3) is 0 Å². The molecule has 1 aliphatic rings. The first-order chi connectivity index (χ1) is 9.67. The van der Waals surface area contributed by atoms with E-state index in [9.17, 15) is 9.59 Å². The number of ether oxygens (including phenoxy) is 1. The monoisotopic (exact) mass is 269 g/mol. The van der Waals surface area contributed by atoms with E-state index < -0.39 is 5.97 Å². The summed E-state index contributed by atoms with van der Waals surface area (Å²) in [6.07, 6.45) is 3.41. The Kier molecular flexibility index (Phi) is 2.93. The number of rotatable bonds is 3. The van der Waals surface area contributed by atoms with Gasteiger partial charge >= 0.3 is 5.97 Å². The quantitative estimate of drug-likeness (QED) is 0.802. The molecule has 1 aromatic carbocycles. The lowest BCUT2D eigenvalue weighted by atomic mass is 10.0. The minimum atomic E-state index is -0.428. The molecule has 3 rings (SSSR count). The fourth-order valence-electron chi connectivity index (χ4n) is 2.60. The SMILES string of the molecule is COC(=O)c1ccc(=O)n(C2(c3ccccc3)CC2)c1. The predicted octanol–water partition coefficient (Wildman–Crippen LogP) is 2.17. The summed E-state index contributed by atoms with van der Waals surface area (Å²) in [5, 5.41) is 0. The molecule has 4 heteroatoms. The molecule has 0 aliphatic heterocycles. The number of pyridine rings is 1. The van der Waals surface area contributed by atoms with Gasteiger partial charge in [0.15, 0.2) is 0 Å². The van der Waals surface area contributed by atoms with E-state index in [2.05, 4.69) is 0 Å². The maximum absolute atomic E-state index is 12.2. The lowest BCUT2D eigenvalue weighted by molar-refractivity contribution is 0.0599. The molecular formula is C16H15NO3. The third-order valence-electron chi connectivity index (χ3n) is 3.83. The van der Waals surface area contributed by atoms with Gasteiger partial charge in [-0.1, -0.05) is 30.3 Å². The van der Waals surface area contributed by atoms with Crippen molar-refractivity contribution in [1.29, 1.82) is 0 Å². The van der Waals surface area contributed by atoms with Crippen LogP contribution >= 0.6 is 0 Å².